The number of nitrogens with zero attached hydrogens (tertiary/aromatic N) is 2. The van der Waals surface area contributed by atoms with Crippen LogP contribution in [-0.4, -0.2) is 9.55 Å². The molecule has 0 radical (unpaired) electrons. The van der Waals surface area contributed by atoms with Crippen LogP contribution in [0.15, 0.2) is 42.7 Å². The Bertz CT molecular complexity index is 825. The molecule has 0 atom stereocenters. The molecule has 21 heavy (non-hydrogen) atoms. The van der Waals surface area contributed by atoms with Crippen LogP contribution in [-0.2, 0) is 6.18 Å². The van der Waals surface area contributed by atoms with Gasteiger partial charge in [-0.15, -0.1) is 0 Å². The highest BCUT2D eigenvalue weighted by atomic mass is 35.5. The second kappa shape index (κ2) is 4.93. The van der Waals surface area contributed by atoms with Gasteiger partial charge in [-0.2, -0.15) is 13.2 Å². The van der Waals surface area contributed by atoms with Gasteiger partial charge in [0.05, 0.1) is 16.1 Å². The van der Waals surface area contributed by atoms with Gasteiger partial charge in [0.15, 0.2) is 5.82 Å². The van der Waals surface area contributed by atoms with Crippen molar-refractivity contribution in [3.63, 3.8) is 0 Å². The molecule has 0 N–H and O–H groups in total. The zero-order chi connectivity index (χ0) is 15.2. The van der Waals surface area contributed by atoms with E-state index in [1.165, 1.54) is 0 Å². The molecule has 2 aromatic heterocycles. The smallest absolute Gasteiger partial charge is 0.300 e. The number of aromatic nitrogens is 2. The molecule has 108 valence electrons. The Hall–Kier alpha value is -1.72. The number of pyridine rings is 1. The number of rotatable bonds is 1. The van der Waals surface area contributed by atoms with Crippen molar-refractivity contribution in [2.24, 2.45) is 0 Å². The van der Waals surface area contributed by atoms with Crippen LogP contribution in [0.3, 0.4) is 0 Å². The number of benzene rings is 1. The third-order valence-corrected chi connectivity index (χ3v) is 3.54. The zero-order valence-corrected chi connectivity index (χ0v) is 11.8. The second-order valence-electron chi connectivity index (χ2n) is 4.42. The SMILES string of the molecule is FC(F)(F)c1cnc(-n2ccc3cc(Cl)ccc32)c(Cl)c1. The molecule has 0 bridgehead atoms. The highest BCUT2D eigenvalue weighted by Crippen LogP contribution is 2.33. The molecular weight excluding hydrogens is 324 g/mol. The molecule has 1 aromatic carbocycles. The minimum absolute atomic E-state index is 0.0720. The van der Waals surface area contributed by atoms with Gasteiger partial charge in [0, 0.05) is 22.8 Å². The Morgan fingerprint density at radius 3 is 2.48 bits per heavy atom. The lowest BCUT2D eigenvalue weighted by molar-refractivity contribution is -0.137. The number of alkyl halides is 3. The summed E-state index contributed by atoms with van der Waals surface area (Å²) in [4.78, 5) is 3.84. The van der Waals surface area contributed by atoms with Gasteiger partial charge in [0.2, 0.25) is 0 Å². The normalized spacial score (nSPS) is 12.0. The molecule has 0 amide bonds. The Morgan fingerprint density at radius 1 is 1.05 bits per heavy atom. The molecule has 3 rings (SSSR count). The lowest BCUT2D eigenvalue weighted by Gasteiger charge is -2.10. The molecule has 0 aliphatic rings. The maximum absolute atomic E-state index is 12.6. The Morgan fingerprint density at radius 2 is 1.81 bits per heavy atom. The van der Waals surface area contributed by atoms with Gasteiger partial charge in [-0.25, -0.2) is 4.98 Å². The fourth-order valence-corrected chi connectivity index (χ4v) is 2.50. The van der Waals surface area contributed by atoms with Crippen LogP contribution in [0.1, 0.15) is 5.56 Å². The van der Waals surface area contributed by atoms with Crippen molar-refractivity contribution in [2.45, 2.75) is 6.18 Å². The molecule has 3 aromatic rings. The number of hydrogen-bond acceptors (Lipinski definition) is 1. The van der Waals surface area contributed by atoms with Gasteiger partial charge >= 0.3 is 6.18 Å². The molecule has 0 fully saturated rings. The van der Waals surface area contributed by atoms with Crippen molar-refractivity contribution >= 4 is 34.1 Å². The van der Waals surface area contributed by atoms with E-state index in [0.29, 0.717) is 5.02 Å². The summed E-state index contributed by atoms with van der Waals surface area (Å²) in [5, 5.41) is 1.35. The molecular formula is C14H7Cl2F3N2. The standard InChI is InChI=1S/C14H7Cl2F3N2/c15-10-1-2-12-8(5-10)3-4-21(12)13-11(16)6-9(7-20-13)14(17,18)19/h1-7H. The van der Waals surface area contributed by atoms with Crippen molar-refractivity contribution < 1.29 is 13.2 Å². The quantitative estimate of drug-likeness (QED) is 0.588. The number of hydrogen-bond donors (Lipinski definition) is 0. The van der Waals surface area contributed by atoms with Crippen LogP contribution in [0.25, 0.3) is 16.7 Å². The molecule has 0 aliphatic heterocycles. The van der Waals surface area contributed by atoms with Gasteiger partial charge in [0.25, 0.3) is 0 Å². The van der Waals surface area contributed by atoms with E-state index in [0.717, 1.165) is 23.2 Å². The van der Waals surface area contributed by atoms with Crippen LogP contribution in [0.2, 0.25) is 10.0 Å². The third kappa shape index (κ3) is 2.59. The van der Waals surface area contributed by atoms with Crippen molar-refractivity contribution in [3.05, 3.63) is 58.3 Å². The summed E-state index contributed by atoms with van der Waals surface area (Å²) in [6.07, 6.45) is -2.02. The summed E-state index contributed by atoms with van der Waals surface area (Å²) >= 11 is 11.8. The molecule has 0 saturated carbocycles. The topological polar surface area (TPSA) is 17.8 Å². The zero-order valence-electron chi connectivity index (χ0n) is 10.3. The highest BCUT2D eigenvalue weighted by Gasteiger charge is 2.31. The minimum Gasteiger partial charge on any atom is -0.300 e. The lowest BCUT2D eigenvalue weighted by Crippen LogP contribution is -2.07. The molecule has 7 heteroatoms. The van der Waals surface area contributed by atoms with Gasteiger partial charge in [-0.3, -0.25) is 4.57 Å². The van der Waals surface area contributed by atoms with Gasteiger partial charge in [0.1, 0.15) is 0 Å². The van der Waals surface area contributed by atoms with Crippen LogP contribution in [0.4, 0.5) is 13.2 Å². The molecule has 0 spiro atoms. The summed E-state index contributed by atoms with van der Waals surface area (Å²) in [7, 11) is 0. The van der Waals surface area contributed by atoms with E-state index in [-0.39, 0.29) is 10.8 Å². The average molecular weight is 331 g/mol. The van der Waals surface area contributed by atoms with Crippen molar-refractivity contribution in [2.75, 3.05) is 0 Å². The first-order valence-electron chi connectivity index (χ1n) is 5.86. The monoisotopic (exact) mass is 330 g/mol. The second-order valence-corrected chi connectivity index (χ2v) is 5.26. The fourth-order valence-electron chi connectivity index (χ4n) is 2.06. The Balaban J connectivity index is 2.15. The third-order valence-electron chi connectivity index (χ3n) is 3.03. The van der Waals surface area contributed by atoms with Crippen molar-refractivity contribution in [1.82, 2.24) is 9.55 Å². The summed E-state index contributed by atoms with van der Waals surface area (Å²) in [6.45, 7) is 0. The maximum Gasteiger partial charge on any atom is 0.417 e. The molecule has 0 unspecified atom stereocenters. The maximum atomic E-state index is 12.6. The van der Waals surface area contributed by atoms with E-state index in [9.17, 15) is 13.2 Å². The summed E-state index contributed by atoms with van der Waals surface area (Å²) in [5.74, 6) is 0.238. The fraction of sp³-hybridized carbons (Fsp3) is 0.0714. The van der Waals surface area contributed by atoms with E-state index in [2.05, 4.69) is 4.98 Å². The Kier molecular flexibility index (Phi) is 3.34. The molecule has 0 aliphatic carbocycles. The Labute approximate surface area is 127 Å². The van der Waals surface area contributed by atoms with Crippen LogP contribution in [0.5, 0.6) is 0 Å². The van der Waals surface area contributed by atoms with Gasteiger partial charge in [-0.05, 0) is 30.3 Å². The summed E-state index contributed by atoms with van der Waals surface area (Å²) < 4.78 is 39.5. The van der Waals surface area contributed by atoms with Crippen molar-refractivity contribution in [1.29, 1.82) is 0 Å². The van der Waals surface area contributed by atoms with Gasteiger partial charge in [-0.1, -0.05) is 23.2 Å². The van der Waals surface area contributed by atoms with E-state index in [4.69, 9.17) is 23.2 Å². The van der Waals surface area contributed by atoms with E-state index < -0.39 is 11.7 Å². The average Bonchev–Trinajstić information content (AvgIpc) is 2.80. The number of halogens is 5. The van der Waals surface area contributed by atoms with Crippen molar-refractivity contribution in [3.8, 4) is 5.82 Å². The van der Waals surface area contributed by atoms with Crippen LogP contribution < -0.4 is 0 Å². The van der Waals surface area contributed by atoms with Crippen LogP contribution >= 0.6 is 23.2 Å². The first-order chi connectivity index (χ1) is 9.86. The molecule has 0 saturated heterocycles. The van der Waals surface area contributed by atoms with E-state index in [1.807, 2.05) is 0 Å². The lowest BCUT2D eigenvalue weighted by atomic mass is 10.2. The summed E-state index contributed by atoms with van der Waals surface area (Å²) in [5.41, 5.74) is -0.121. The van der Waals surface area contributed by atoms with Crippen LogP contribution in [0, 0.1) is 0 Å². The predicted octanol–water partition coefficient (Wildman–Crippen LogP) is 5.35. The van der Waals surface area contributed by atoms with E-state index in [1.54, 1.807) is 35.0 Å². The summed E-state index contributed by atoms with van der Waals surface area (Å²) in [6, 6.07) is 7.86. The molecule has 2 nitrogen and oxygen atoms in total. The van der Waals surface area contributed by atoms with Gasteiger partial charge < -0.3 is 0 Å². The minimum atomic E-state index is -4.47. The predicted molar refractivity (Wildman–Crippen MR) is 76.1 cm³/mol. The molecule has 2 heterocycles. The number of fused-ring (bicyclic) bond motifs is 1. The highest BCUT2D eigenvalue weighted by molar-refractivity contribution is 6.32. The van der Waals surface area contributed by atoms with E-state index >= 15 is 0 Å². The first-order valence-corrected chi connectivity index (χ1v) is 6.61. The largest absolute Gasteiger partial charge is 0.417 e. The first kappa shape index (κ1) is 14.2.